The minimum Gasteiger partial charge on any atom is -0.320 e. The molecule has 0 saturated carbocycles. The average Bonchev–Trinajstić information content (AvgIpc) is 2.84. The second-order valence-corrected chi connectivity index (χ2v) is 5.07. The van der Waals surface area contributed by atoms with Crippen LogP contribution in [0.3, 0.4) is 0 Å². The molecule has 0 bridgehead atoms. The van der Waals surface area contributed by atoms with Crippen LogP contribution in [0.1, 0.15) is 11.4 Å². The molecule has 1 aromatic carbocycles. The van der Waals surface area contributed by atoms with Gasteiger partial charge in [0.05, 0.1) is 12.1 Å². The molecule has 0 aliphatic carbocycles. The number of hydrogen-bond donors (Lipinski definition) is 0. The van der Waals surface area contributed by atoms with Crippen molar-refractivity contribution < 1.29 is 0 Å². The zero-order valence-corrected chi connectivity index (χ0v) is 11.7. The lowest BCUT2D eigenvalue weighted by molar-refractivity contribution is 0.306. The van der Waals surface area contributed by atoms with E-state index in [1.807, 2.05) is 36.0 Å². The van der Waals surface area contributed by atoms with Gasteiger partial charge in [-0.15, -0.1) is 10.2 Å². The maximum Gasteiger partial charge on any atom is 0.146 e. The predicted molar refractivity (Wildman–Crippen MR) is 77.9 cm³/mol. The smallest absolute Gasteiger partial charge is 0.146 e. The minimum absolute atomic E-state index is 0.767. The molecule has 5 heteroatoms. The molecule has 0 aliphatic rings. The summed E-state index contributed by atoms with van der Waals surface area (Å²) in [5, 5.41) is 9.18. The highest BCUT2D eigenvalue weighted by atomic mass is 15.3. The van der Waals surface area contributed by atoms with E-state index in [0.29, 0.717) is 0 Å². The summed E-state index contributed by atoms with van der Waals surface area (Å²) in [4.78, 5) is 6.69. The predicted octanol–water partition coefficient (Wildman–Crippen LogP) is 2.00. The van der Waals surface area contributed by atoms with Crippen LogP contribution in [-0.2, 0) is 20.1 Å². The van der Waals surface area contributed by atoms with Crippen molar-refractivity contribution in [3.05, 3.63) is 54.2 Å². The summed E-state index contributed by atoms with van der Waals surface area (Å²) in [5.74, 6) is 0.959. The lowest BCUT2D eigenvalue weighted by Gasteiger charge is -2.16. The first-order valence-electron chi connectivity index (χ1n) is 6.57. The van der Waals surface area contributed by atoms with Crippen molar-refractivity contribution in [3.63, 3.8) is 0 Å². The van der Waals surface area contributed by atoms with E-state index >= 15 is 0 Å². The third-order valence-corrected chi connectivity index (χ3v) is 3.32. The van der Waals surface area contributed by atoms with E-state index in [1.165, 1.54) is 10.9 Å². The largest absolute Gasteiger partial charge is 0.320 e. The summed E-state index contributed by atoms with van der Waals surface area (Å²) >= 11 is 0. The summed E-state index contributed by atoms with van der Waals surface area (Å²) in [6, 6.07) is 10.4. The second kappa shape index (κ2) is 5.38. The van der Waals surface area contributed by atoms with Gasteiger partial charge in [0.2, 0.25) is 0 Å². The number of fused-ring (bicyclic) bond motifs is 1. The third-order valence-electron chi connectivity index (χ3n) is 3.32. The summed E-state index contributed by atoms with van der Waals surface area (Å²) < 4.78 is 1.94. The van der Waals surface area contributed by atoms with Gasteiger partial charge in [-0.2, -0.15) is 0 Å². The number of rotatable bonds is 4. The van der Waals surface area contributed by atoms with E-state index in [0.717, 1.165) is 24.4 Å². The van der Waals surface area contributed by atoms with Gasteiger partial charge in [0.1, 0.15) is 12.2 Å². The third kappa shape index (κ3) is 2.67. The number of aryl methyl sites for hydroxylation is 1. The maximum absolute atomic E-state index is 4.49. The first-order chi connectivity index (χ1) is 9.72. The van der Waals surface area contributed by atoms with Gasteiger partial charge in [0, 0.05) is 25.2 Å². The minimum atomic E-state index is 0.767. The quantitative estimate of drug-likeness (QED) is 0.725. The lowest BCUT2D eigenvalue weighted by atomic mass is 10.1. The molecule has 2 aromatic heterocycles. The Kier molecular flexibility index (Phi) is 3.43. The van der Waals surface area contributed by atoms with Crippen LogP contribution in [0.25, 0.3) is 10.9 Å². The van der Waals surface area contributed by atoms with Gasteiger partial charge >= 0.3 is 0 Å². The number of nitrogens with zero attached hydrogens (tertiary/aromatic N) is 5. The van der Waals surface area contributed by atoms with Crippen LogP contribution >= 0.6 is 0 Å². The lowest BCUT2D eigenvalue weighted by Crippen LogP contribution is -2.19. The highest BCUT2D eigenvalue weighted by molar-refractivity contribution is 5.78. The molecule has 5 nitrogen and oxygen atoms in total. The van der Waals surface area contributed by atoms with Crippen LogP contribution in [0, 0.1) is 0 Å². The zero-order chi connectivity index (χ0) is 13.9. The van der Waals surface area contributed by atoms with Gasteiger partial charge in [-0.05, 0) is 24.7 Å². The van der Waals surface area contributed by atoms with Crippen molar-refractivity contribution >= 4 is 10.9 Å². The molecule has 2 heterocycles. The standard InChI is InChI=1S/C15H17N5/c1-19(10-15-18-17-11-20(15)2)9-12-7-13-5-3-4-6-14(13)16-8-12/h3-8,11H,9-10H2,1-2H3. The van der Waals surface area contributed by atoms with E-state index in [4.69, 9.17) is 0 Å². The summed E-state index contributed by atoms with van der Waals surface area (Å²) in [7, 11) is 4.03. The van der Waals surface area contributed by atoms with Crippen LogP contribution in [0.4, 0.5) is 0 Å². The first kappa shape index (κ1) is 12.7. The molecule has 0 amide bonds. The number of pyridine rings is 1. The van der Waals surface area contributed by atoms with Crippen molar-refractivity contribution in [2.75, 3.05) is 7.05 Å². The van der Waals surface area contributed by atoms with Crippen molar-refractivity contribution in [1.29, 1.82) is 0 Å². The molecule has 0 saturated heterocycles. The number of hydrogen-bond acceptors (Lipinski definition) is 4. The fourth-order valence-electron chi connectivity index (χ4n) is 2.26. The molecular formula is C15H17N5. The fourth-order valence-corrected chi connectivity index (χ4v) is 2.26. The molecule has 0 spiro atoms. The molecule has 0 fully saturated rings. The number of aromatic nitrogens is 4. The van der Waals surface area contributed by atoms with Gasteiger partial charge in [0.15, 0.2) is 0 Å². The Morgan fingerprint density at radius 3 is 2.85 bits per heavy atom. The van der Waals surface area contributed by atoms with Gasteiger partial charge in [-0.25, -0.2) is 0 Å². The zero-order valence-electron chi connectivity index (χ0n) is 11.7. The van der Waals surface area contributed by atoms with Crippen LogP contribution < -0.4 is 0 Å². The van der Waals surface area contributed by atoms with Gasteiger partial charge in [-0.1, -0.05) is 18.2 Å². The molecule has 20 heavy (non-hydrogen) atoms. The summed E-state index contributed by atoms with van der Waals surface area (Å²) in [6.45, 7) is 1.61. The van der Waals surface area contributed by atoms with Crippen LogP contribution in [0.2, 0.25) is 0 Å². The highest BCUT2D eigenvalue weighted by Gasteiger charge is 2.07. The van der Waals surface area contributed by atoms with E-state index in [1.54, 1.807) is 6.33 Å². The Balaban J connectivity index is 1.74. The number of para-hydroxylation sites is 1. The molecule has 3 aromatic rings. The van der Waals surface area contributed by atoms with Crippen LogP contribution in [0.5, 0.6) is 0 Å². The first-order valence-corrected chi connectivity index (χ1v) is 6.57. The van der Waals surface area contributed by atoms with E-state index < -0.39 is 0 Å². The van der Waals surface area contributed by atoms with E-state index in [9.17, 15) is 0 Å². The molecule has 0 radical (unpaired) electrons. The Hall–Kier alpha value is -2.27. The van der Waals surface area contributed by atoms with Crippen LogP contribution in [0.15, 0.2) is 42.9 Å². The van der Waals surface area contributed by atoms with Crippen molar-refractivity contribution in [1.82, 2.24) is 24.6 Å². The van der Waals surface area contributed by atoms with Gasteiger partial charge < -0.3 is 4.57 Å². The Morgan fingerprint density at radius 2 is 2.05 bits per heavy atom. The molecular weight excluding hydrogens is 250 g/mol. The van der Waals surface area contributed by atoms with Crippen molar-refractivity contribution in [3.8, 4) is 0 Å². The Bertz CT molecular complexity index is 719. The van der Waals surface area contributed by atoms with E-state index in [2.05, 4.69) is 39.3 Å². The monoisotopic (exact) mass is 267 g/mol. The summed E-state index contributed by atoms with van der Waals surface area (Å²) in [5.41, 5.74) is 2.24. The fraction of sp³-hybridized carbons (Fsp3) is 0.267. The maximum atomic E-state index is 4.49. The van der Waals surface area contributed by atoms with Gasteiger partial charge in [0.25, 0.3) is 0 Å². The van der Waals surface area contributed by atoms with Crippen LogP contribution in [-0.4, -0.2) is 31.7 Å². The molecule has 0 N–H and O–H groups in total. The van der Waals surface area contributed by atoms with Crippen molar-refractivity contribution in [2.24, 2.45) is 7.05 Å². The average molecular weight is 267 g/mol. The number of benzene rings is 1. The highest BCUT2D eigenvalue weighted by Crippen LogP contribution is 2.14. The van der Waals surface area contributed by atoms with Gasteiger partial charge in [-0.3, -0.25) is 9.88 Å². The molecule has 3 rings (SSSR count). The molecule has 102 valence electrons. The molecule has 0 unspecified atom stereocenters. The van der Waals surface area contributed by atoms with E-state index in [-0.39, 0.29) is 0 Å². The normalized spacial score (nSPS) is 11.3. The SMILES string of the molecule is CN(Cc1cnc2ccccc2c1)Cc1nncn1C. The second-order valence-electron chi connectivity index (χ2n) is 5.07. The molecule has 0 atom stereocenters. The molecule has 0 aliphatic heterocycles. The summed E-state index contributed by atoms with van der Waals surface area (Å²) in [6.07, 6.45) is 3.66. The topological polar surface area (TPSA) is 46.8 Å². The Morgan fingerprint density at radius 1 is 1.20 bits per heavy atom. The Labute approximate surface area is 117 Å². The van der Waals surface area contributed by atoms with Crippen molar-refractivity contribution in [2.45, 2.75) is 13.1 Å².